The Kier molecular flexibility index (Phi) is 6.45. The van der Waals surface area contributed by atoms with Crippen molar-refractivity contribution in [3.8, 4) is 0 Å². The van der Waals surface area contributed by atoms with Crippen molar-refractivity contribution in [1.29, 1.82) is 0 Å². The van der Waals surface area contributed by atoms with E-state index in [0.717, 1.165) is 29.5 Å². The van der Waals surface area contributed by atoms with E-state index in [4.69, 9.17) is 9.47 Å². The van der Waals surface area contributed by atoms with Crippen LogP contribution in [0, 0.1) is 0 Å². The molecule has 2 unspecified atom stereocenters. The van der Waals surface area contributed by atoms with E-state index in [1.165, 1.54) is 0 Å². The molecule has 2 atom stereocenters. The van der Waals surface area contributed by atoms with E-state index in [1.807, 2.05) is 60.7 Å². The summed E-state index contributed by atoms with van der Waals surface area (Å²) in [4.78, 5) is 0. The van der Waals surface area contributed by atoms with Gasteiger partial charge in [0, 0.05) is 6.42 Å². The van der Waals surface area contributed by atoms with E-state index in [9.17, 15) is 10.2 Å². The summed E-state index contributed by atoms with van der Waals surface area (Å²) < 4.78 is 11.7. The molecule has 0 fully saturated rings. The van der Waals surface area contributed by atoms with E-state index < -0.39 is 11.6 Å². The molecule has 27 heavy (non-hydrogen) atoms. The average Bonchev–Trinajstić information content (AvgIpc) is 2.66. The summed E-state index contributed by atoms with van der Waals surface area (Å²) in [7, 11) is 0. The highest BCUT2D eigenvalue weighted by atomic mass is 16.6. The fraction of sp³-hybridized carbons (Fsp3) is 0.391. The van der Waals surface area contributed by atoms with Crippen LogP contribution in [0.5, 0.6) is 0 Å². The molecule has 0 saturated carbocycles. The standard InChI is InChI=1S/C23H28O4/c1-2-9-21-14-22(24,26-16-19-10-5-3-6-11-19)18-23(25,15-21)27-17-20-12-7-4-8-13-20/h3-8,10-14,24-25H,2,9,15-18H2,1H3. The van der Waals surface area contributed by atoms with E-state index in [-0.39, 0.29) is 19.6 Å². The highest BCUT2D eigenvalue weighted by Crippen LogP contribution is 2.38. The highest BCUT2D eigenvalue weighted by Gasteiger charge is 2.44. The first-order valence-corrected chi connectivity index (χ1v) is 9.51. The molecule has 1 aliphatic rings. The minimum Gasteiger partial charge on any atom is -0.365 e. The van der Waals surface area contributed by atoms with Gasteiger partial charge in [0.1, 0.15) is 0 Å². The normalized spacial score (nSPS) is 25.2. The third-order valence-electron chi connectivity index (χ3n) is 4.72. The molecular formula is C23H28O4. The zero-order chi connectivity index (χ0) is 19.2. The number of hydrogen-bond acceptors (Lipinski definition) is 4. The summed E-state index contributed by atoms with van der Waals surface area (Å²) in [5, 5.41) is 22.1. The number of ether oxygens (including phenoxy) is 2. The van der Waals surface area contributed by atoms with Crippen molar-refractivity contribution in [1.82, 2.24) is 0 Å². The van der Waals surface area contributed by atoms with Gasteiger partial charge in [0.2, 0.25) is 0 Å². The lowest BCUT2D eigenvalue weighted by Crippen LogP contribution is -2.47. The van der Waals surface area contributed by atoms with Crippen molar-refractivity contribution in [2.75, 3.05) is 0 Å². The van der Waals surface area contributed by atoms with Gasteiger partial charge in [0.25, 0.3) is 0 Å². The monoisotopic (exact) mass is 368 g/mol. The fourth-order valence-corrected chi connectivity index (χ4v) is 3.48. The van der Waals surface area contributed by atoms with Gasteiger partial charge in [-0.2, -0.15) is 0 Å². The molecule has 2 aromatic carbocycles. The maximum atomic E-state index is 11.1. The summed E-state index contributed by atoms with van der Waals surface area (Å²) in [6.45, 7) is 2.62. The Morgan fingerprint density at radius 1 is 0.852 bits per heavy atom. The first-order chi connectivity index (χ1) is 13.0. The highest BCUT2D eigenvalue weighted by molar-refractivity contribution is 5.19. The Balaban J connectivity index is 1.71. The Morgan fingerprint density at radius 2 is 1.41 bits per heavy atom. The van der Waals surface area contributed by atoms with Crippen molar-refractivity contribution in [3.63, 3.8) is 0 Å². The molecule has 0 heterocycles. The summed E-state index contributed by atoms with van der Waals surface area (Å²) >= 11 is 0. The van der Waals surface area contributed by atoms with Crippen LogP contribution in [-0.4, -0.2) is 21.8 Å². The minimum atomic E-state index is -1.55. The average molecular weight is 368 g/mol. The molecule has 0 saturated heterocycles. The molecular weight excluding hydrogens is 340 g/mol. The molecule has 0 radical (unpaired) electrons. The second kappa shape index (κ2) is 8.81. The van der Waals surface area contributed by atoms with Crippen LogP contribution >= 0.6 is 0 Å². The molecule has 2 N–H and O–H groups in total. The molecule has 0 aromatic heterocycles. The van der Waals surface area contributed by atoms with Crippen molar-refractivity contribution < 1.29 is 19.7 Å². The smallest absolute Gasteiger partial charge is 0.191 e. The lowest BCUT2D eigenvalue weighted by atomic mass is 9.87. The summed E-state index contributed by atoms with van der Waals surface area (Å²) in [5.74, 6) is -3.01. The first-order valence-electron chi connectivity index (χ1n) is 9.51. The van der Waals surface area contributed by atoms with Crippen molar-refractivity contribution in [3.05, 3.63) is 83.4 Å². The van der Waals surface area contributed by atoms with Crippen LogP contribution in [-0.2, 0) is 22.7 Å². The van der Waals surface area contributed by atoms with Gasteiger partial charge in [-0.25, -0.2) is 0 Å². The van der Waals surface area contributed by atoms with Gasteiger partial charge in [-0.3, -0.25) is 0 Å². The second-order valence-corrected chi connectivity index (χ2v) is 7.25. The molecule has 0 bridgehead atoms. The Hall–Kier alpha value is -1.98. The quantitative estimate of drug-likeness (QED) is 0.538. The van der Waals surface area contributed by atoms with Crippen LogP contribution in [0.25, 0.3) is 0 Å². The van der Waals surface area contributed by atoms with Crippen LogP contribution in [0.4, 0.5) is 0 Å². The zero-order valence-corrected chi connectivity index (χ0v) is 15.8. The molecule has 0 aliphatic heterocycles. The van der Waals surface area contributed by atoms with Gasteiger partial charge in [0.05, 0.1) is 19.6 Å². The minimum absolute atomic E-state index is 0.0210. The van der Waals surface area contributed by atoms with E-state index in [2.05, 4.69) is 6.92 Å². The zero-order valence-electron chi connectivity index (χ0n) is 15.8. The largest absolute Gasteiger partial charge is 0.365 e. The van der Waals surface area contributed by atoms with Gasteiger partial charge >= 0.3 is 0 Å². The predicted octanol–water partition coefficient (Wildman–Crippen LogP) is 4.32. The van der Waals surface area contributed by atoms with Gasteiger partial charge in [-0.05, 0) is 23.6 Å². The Labute approximate surface area is 161 Å². The van der Waals surface area contributed by atoms with E-state index in [0.29, 0.717) is 6.42 Å². The molecule has 1 aliphatic carbocycles. The maximum absolute atomic E-state index is 11.1. The van der Waals surface area contributed by atoms with Gasteiger partial charge in [-0.1, -0.05) is 79.6 Å². The van der Waals surface area contributed by atoms with Crippen LogP contribution in [0.3, 0.4) is 0 Å². The SMILES string of the molecule is CCCC1=CC(O)(OCc2ccccc2)CC(O)(OCc2ccccc2)C1. The molecule has 4 nitrogen and oxygen atoms in total. The molecule has 4 heteroatoms. The first kappa shape index (κ1) is 19.8. The molecule has 144 valence electrons. The maximum Gasteiger partial charge on any atom is 0.191 e. The van der Waals surface area contributed by atoms with Gasteiger partial charge < -0.3 is 19.7 Å². The Bertz CT molecular complexity index is 743. The van der Waals surface area contributed by atoms with Crippen LogP contribution < -0.4 is 0 Å². The summed E-state index contributed by atoms with van der Waals surface area (Å²) in [5.41, 5.74) is 2.90. The summed E-state index contributed by atoms with van der Waals surface area (Å²) in [6.07, 6.45) is 3.82. The molecule has 3 rings (SSSR count). The van der Waals surface area contributed by atoms with Crippen molar-refractivity contribution in [2.45, 2.75) is 57.4 Å². The molecule has 2 aromatic rings. The van der Waals surface area contributed by atoms with Crippen LogP contribution in [0.2, 0.25) is 0 Å². The van der Waals surface area contributed by atoms with E-state index in [1.54, 1.807) is 6.08 Å². The van der Waals surface area contributed by atoms with Crippen LogP contribution in [0.15, 0.2) is 72.3 Å². The number of benzene rings is 2. The number of hydrogen-bond donors (Lipinski definition) is 2. The molecule has 0 spiro atoms. The Morgan fingerprint density at radius 3 is 1.96 bits per heavy atom. The number of aliphatic hydroxyl groups is 2. The van der Waals surface area contributed by atoms with Gasteiger partial charge in [0.15, 0.2) is 11.6 Å². The van der Waals surface area contributed by atoms with E-state index >= 15 is 0 Å². The topological polar surface area (TPSA) is 58.9 Å². The van der Waals surface area contributed by atoms with Crippen LogP contribution in [0.1, 0.15) is 43.7 Å². The van der Waals surface area contributed by atoms with Crippen molar-refractivity contribution in [2.24, 2.45) is 0 Å². The lowest BCUT2D eigenvalue weighted by molar-refractivity contribution is -0.285. The second-order valence-electron chi connectivity index (χ2n) is 7.25. The fourth-order valence-electron chi connectivity index (χ4n) is 3.48. The van der Waals surface area contributed by atoms with Crippen molar-refractivity contribution >= 4 is 0 Å². The third-order valence-corrected chi connectivity index (χ3v) is 4.72. The summed E-state index contributed by atoms with van der Waals surface area (Å²) in [6, 6.07) is 19.4. The predicted molar refractivity (Wildman–Crippen MR) is 105 cm³/mol. The lowest BCUT2D eigenvalue weighted by Gasteiger charge is -2.40. The number of rotatable bonds is 8. The van der Waals surface area contributed by atoms with Gasteiger partial charge in [-0.15, -0.1) is 0 Å². The molecule has 0 amide bonds. The third kappa shape index (κ3) is 5.75.